The first kappa shape index (κ1) is 18.2. The number of fused-ring (bicyclic) bond motifs is 2. The van der Waals surface area contributed by atoms with Crippen LogP contribution in [0.4, 0.5) is 5.69 Å². The van der Waals surface area contributed by atoms with Gasteiger partial charge in [-0.15, -0.1) is 0 Å². The Bertz CT molecular complexity index is 1250. The molecule has 2 unspecified atom stereocenters. The second kappa shape index (κ2) is 6.49. The van der Waals surface area contributed by atoms with Gasteiger partial charge in [-0.25, -0.2) is 13.2 Å². The number of carbonyl (C=O) groups is 1. The molecule has 144 valence electrons. The second-order valence-corrected chi connectivity index (χ2v) is 8.67. The number of nitrogens with zero attached hydrogens (tertiary/aromatic N) is 1. The number of sulfonamides is 1. The first-order valence-electron chi connectivity index (χ1n) is 8.75. The molecule has 1 aromatic heterocycles. The van der Waals surface area contributed by atoms with Crippen LogP contribution in [-0.2, 0) is 14.8 Å². The largest absolute Gasteiger partial charge is 0.423 e. The van der Waals surface area contributed by atoms with Crippen molar-refractivity contribution in [1.29, 1.82) is 0 Å². The van der Waals surface area contributed by atoms with Crippen LogP contribution in [0.2, 0.25) is 0 Å². The Kier molecular flexibility index (Phi) is 4.23. The van der Waals surface area contributed by atoms with Crippen molar-refractivity contribution < 1.29 is 17.6 Å². The first-order valence-corrected chi connectivity index (χ1v) is 10.2. The number of hydrogen-bond acceptors (Lipinski definition) is 5. The van der Waals surface area contributed by atoms with Gasteiger partial charge in [0.25, 0.3) is 10.0 Å². The summed E-state index contributed by atoms with van der Waals surface area (Å²) in [6.07, 6.45) is 0.300. The minimum absolute atomic E-state index is 0.0769. The Morgan fingerprint density at radius 1 is 1.14 bits per heavy atom. The number of hydrogen-bond donors (Lipinski definition) is 1. The lowest BCUT2D eigenvalue weighted by Gasteiger charge is -2.38. The molecule has 0 saturated heterocycles. The summed E-state index contributed by atoms with van der Waals surface area (Å²) in [5.74, 6) is -1.01. The Balaban J connectivity index is 1.87. The van der Waals surface area contributed by atoms with Gasteiger partial charge in [0, 0.05) is 17.5 Å². The van der Waals surface area contributed by atoms with Crippen LogP contribution in [0.15, 0.2) is 68.7 Å². The van der Waals surface area contributed by atoms with Gasteiger partial charge >= 0.3 is 5.63 Å². The summed E-state index contributed by atoms with van der Waals surface area (Å²) in [5, 5.41) is 0.508. The summed E-state index contributed by atoms with van der Waals surface area (Å²) in [5.41, 5.74) is 6.40. The topological polar surface area (TPSA) is 111 Å². The summed E-state index contributed by atoms with van der Waals surface area (Å²) < 4.78 is 33.3. The van der Waals surface area contributed by atoms with E-state index in [0.717, 1.165) is 0 Å². The molecule has 0 bridgehead atoms. The monoisotopic (exact) mass is 398 g/mol. The molecule has 0 spiro atoms. The maximum atomic E-state index is 13.5. The fourth-order valence-corrected chi connectivity index (χ4v) is 5.47. The minimum atomic E-state index is -3.91. The molecule has 2 heterocycles. The summed E-state index contributed by atoms with van der Waals surface area (Å²) in [6, 6.07) is 13.6. The van der Waals surface area contributed by atoms with E-state index in [1.54, 1.807) is 31.2 Å². The maximum Gasteiger partial charge on any atom is 0.336 e. The molecule has 1 aliphatic heterocycles. The molecule has 28 heavy (non-hydrogen) atoms. The average molecular weight is 398 g/mol. The highest BCUT2D eigenvalue weighted by Crippen LogP contribution is 2.41. The SMILES string of the molecule is CC1CC(C(N)=O)c2ccccc2N1S(=O)(=O)c1ccc2oc(=O)ccc2c1. The maximum absolute atomic E-state index is 13.5. The van der Waals surface area contributed by atoms with E-state index in [-0.39, 0.29) is 4.90 Å². The third-order valence-corrected chi connectivity index (χ3v) is 6.94. The molecule has 4 rings (SSSR count). The van der Waals surface area contributed by atoms with Crippen LogP contribution in [0.3, 0.4) is 0 Å². The van der Waals surface area contributed by atoms with Crippen molar-refractivity contribution in [2.24, 2.45) is 5.73 Å². The van der Waals surface area contributed by atoms with Crippen LogP contribution in [0.1, 0.15) is 24.8 Å². The van der Waals surface area contributed by atoms with E-state index in [2.05, 4.69) is 0 Å². The zero-order chi connectivity index (χ0) is 20.1. The molecule has 0 aliphatic carbocycles. The van der Waals surface area contributed by atoms with Gasteiger partial charge in [0.05, 0.1) is 16.5 Å². The summed E-state index contributed by atoms with van der Waals surface area (Å²) in [6.45, 7) is 1.75. The molecule has 2 N–H and O–H groups in total. The van der Waals surface area contributed by atoms with Crippen molar-refractivity contribution in [3.63, 3.8) is 0 Å². The van der Waals surface area contributed by atoms with Gasteiger partial charge in [0.1, 0.15) is 5.58 Å². The number of primary amides is 1. The van der Waals surface area contributed by atoms with Gasteiger partial charge in [-0.05, 0) is 49.2 Å². The predicted molar refractivity (Wildman–Crippen MR) is 105 cm³/mol. The highest BCUT2D eigenvalue weighted by Gasteiger charge is 2.39. The van der Waals surface area contributed by atoms with Gasteiger partial charge < -0.3 is 10.2 Å². The van der Waals surface area contributed by atoms with Gasteiger partial charge in [-0.1, -0.05) is 18.2 Å². The highest BCUT2D eigenvalue weighted by molar-refractivity contribution is 7.92. The molecule has 7 nitrogen and oxygen atoms in total. The number of rotatable bonds is 3. The van der Waals surface area contributed by atoms with Crippen molar-refractivity contribution in [1.82, 2.24) is 0 Å². The summed E-state index contributed by atoms with van der Waals surface area (Å²) >= 11 is 0. The molecule has 2 aromatic carbocycles. The van der Waals surface area contributed by atoms with Crippen molar-refractivity contribution in [2.75, 3.05) is 4.31 Å². The highest BCUT2D eigenvalue weighted by atomic mass is 32.2. The van der Waals surface area contributed by atoms with Crippen LogP contribution in [0.25, 0.3) is 11.0 Å². The van der Waals surface area contributed by atoms with Crippen LogP contribution < -0.4 is 15.7 Å². The summed E-state index contributed by atoms with van der Waals surface area (Å²) in [7, 11) is -3.91. The molecule has 8 heteroatoms. The lowest BCUT2D eigenvalue weighted by Crippen LogP contribution is -2.45. The van der Waals surface area contributed by atoms with Gasteiger partial charge in [0.2, 0.25) is 5.91 Å². The summed E-state index contributed by atoms with van der Waals surface area (Å²) in [4.78, 5) is 23.3. The van der Waals surface area contributed by atoms with Crippen LogP contribution in [0, 0.1) is 0 Å². The zero-order valence-corrected chi connectivity index (χ0v) is 15.8. The van der Waals surface area contributed by atoms with E-state index >= 15 is 0 Å². The fourth-order valence-electron chi connectivity index (χ4n) is 3.74. The minimum Gasteiger partial charge on any atom is -0.423 e. The fraction of sp³-hybridized carbons (Fsp3) is 0.200. The predicted octanol–water partition coefficient (Wildman–Crippen LogP) is 2.35. The first-order chi connectivity index (χ1) is 13.3. The van der Waals surface area contributed by atoms with E-state index in [1.165, 1.54) is 34.6 Å². The third kappa shape index (κ3) is 2.86. The van der Waals surface area contributed by atoms with Crippen molar-refractivity contribution >= 4 is 32.6 Å². The lowest BCUT2D eigenvalue weighted by molar-refractivity contribution is -0.119. The van der Waals surface area contributed by atoms with Crippen LogP contribution in [0.5, 0.6) is 0 Å². The number of benzene rings is 2. The number of amides is 1. The molecule has 0 radical (unpaired) electrons. The molecular weight excluding hydrogens is 380 g/mol. The van der Waals surface area contributed by atoms with Gasteiger partial charge in [-0.3, -0.25) is 9.10 Å². The molecule has 0 fully saturated rings. The number of nitrogens with two attached hydrogens (primary N) is 1. The van der Waals surface area contributed by atoms with Gasteiger partial charge in [0.15, 0.2) is 0 Å². The average Bonchev–Trinajstić information content (AvgIpc) is 2.66. The smallest absolute Gasteiger partial charge is 0.336 e. The van der Waals surface area contributed by atoms with Gasteiger partial charge in [-0.2, -0.15) is 0 Å². The van der Waals surface area contributed by atoms with E-state index in [0.29, 0.717) is 28.6 Å². The standard InChI is InChI=1S/C20H18N2O5S/c1-12-10-16(20(21)24)15-4-2-3-5-17(15)22(12)28(25,26)14-7-8-18-13(11-14)6-9-19(23)27-18/h2-9,11-12,16H,10H2,1H3,(H2,21,24). The van der Waals surface area contributed by atoms with Crippen molar-refractivity contribution in [3.05, 3.63) is 70.6 Å². The molecular formula is C20H18N2O5S. The molecule has 3 aromatic rings. The quantitative estimate of drug-likeness (QED) is 0.681. The Morgan fingerprint density at radius 3 is 2.64 bits per heavy atom. The normalized spacial score (nSPS) is 19.4. The van der Waals surface area contributed by atoms with Crippen LogP contribution >= 0.6 is 0 Å². The number of carbonyl (C=O) groups excluding carboxylic acids is 1. The zero-order valence-electron chi connectivity index (χ0n) is 15.0. The second-order valence-electron chi connectivity index (χ2n) is 6.85. The van der Waals surface area contributed by atoms with E-state index in [4.69, 9.17) is 10.2 Å². The molecule has 1 aliphatic rings. The molecule has 1 amide bonds. The van der Waals surface area contributed by atoms with E-state index < -0.39 is 33.5 Å². The molecule has 0 saturated carbocycles. The Morgan fingerprint density at radius 2 is 1.89 bits per heavy atom. The third-order valence-electron chi connectivity index (χ3n) is 5.02. The Hall–Kier alpha value is -3.13. The van der Waals surface area contributed by atoms with Crippen molar-refractivity contribution in [2.45, 2.75) is 30.2 Å². The number of para-hydroxylation sites is 1. The van der Waals surface area contributed by atoms with E-state index in [9.17, 15) is 18.0 Å². The van der Waals surface area contributed by atoms with Crippen LogP contribution in [-0.4, -0.2) is 20.4 Å². The van der Waals surface area contributed by atoms with E-state index in [1.807, 2.05) is 0 Å². The molecule has 2 atom stereocenters. The van der Waals surface area contributed by atoms with Crippen molar-refractivity contribution in [3.8, 4) is 0 Å². The Labute approximate surface area is 161 Å². The number of anilines is 1. The lowest BCUT2D eigenvalue weighted by atomic mass is 9.87.